The van der Waals surface area contributed by atoms with E-state index in [-0.39, 0.29) is 23.6 Å². The number of rotatable bonds is 8. The molecule has 168 valence electrons. The van der Waals surface area contributed by atoms with E-state index in [9.17, 15) is 9.59 Å². The number of aromatic nitrogens is 3. The summed E-state index contributed by atoms with van der Waals surface area (Å²) in [6.45, 7) is 6.40. The van der Waals surface area contributed by atoms with Gasteiger partial charge in [-0.15, -0.1) is 10.2 Å². The molecule has 1 heterocycles. The van der Waals surface area contributed by atoms with Crippen LogP contribution in [0.15, 0.2) is 47.6 Å². The Morgan fingerprint density at radius 3 is 2.56 bits per heavy atom. The highest BCUT2D eigenvalue weighted by molar-refractivity contribution is 14.1. The van der Waals surface area contributed by atoms with Crippen LogP contribution in [-0.2, 0) is 11.3 Å². The number of halogens is 2. The van der Waals surface area contributed by atoms with Gasteiger partial charge in [-0.1, -0.05) is 23.4 Å². The smallest absolute Gasteiger partial charge is 0.251 e. The molecule has 10 heteroatoms. The maximum atomic E-state index is 12.5. The first-order valence-electron chi connectivity index (χ1n) is 9.96. The molecule has 0 aliphatic rings. The van der Waals surface area contributed by atoms with Crippen LogP contribution in [0, 0.1) is 10.5 Å². The summed E-state index contributed by atoms with van der Waals surface area (Å²) in [5.74, 6) is 0.498. The van der Waals surface area contributed by atoms with E-state index in [2.05, 4.69) is 43.4 Å². The summed E-state index contributed by atoms with van der Waals surface area (Å²) in [7, 11) is 0. The van der Waals surface area contributed by atoms with Crippen molar-refractivity contribution in [1.82, 2.24) is 20.1 Å². The Morgan fingerprint density at radius 2 is 1.91 bits per heavy atom. The van der Waals surface area contributed by atoms with E-state index in [1.807, 2.05) is 43.5 Å². The molecule has 1 atom stereocenters. The minimum atomic E-state index is -0.358. The zero-order valence-electron chi connectivity index (χ0n) is 17.9. The first kappa shape index (κ1) is 24.5. The largest absolute Gasteiger partial charge is 0.342 e. The molecule has 0 aliphatic heterocycles. The van der Waals surface area contributed by atoms with Crippen LogP contribution in [0.5, 0.6) is 0 Å². The molecule has 3 rings (SSSR count). The Morgan fingerprint density at radius 1 is 1.19 bits per heavy atom. The molecule has 0 radical (unpaired) electrons. The minimum Gasteiger partial charge on any atom is -0.342 e. The van der Waals surface area contributed by atoms with Crippen LogP contribution in [0.2, 0.25) is 5.02 Å². The van der Waals surface area contributed by atoms with E-state index in [4.69, 9.17) is 11.6 Å². The summed E-state index contributed by atoms with van der Waals surface area (Å²) in [6.07, 6.45) is 0. The molecule has 0 bridgehead atoms. The second-order valence-corrected chi connectivity index (χ2v) is 9.71. The molecular formula is C22H23ClIN5O2S. The van der Waals surface area contributed by atoms with Crippen molar-refractivity contribution in [3.8, 4) is 0 Å². The summed E-state index contributed by atoms with van der Waals surface area (Å²) in [4.78, 5) is 24.9. The monoisotopic (exact) mass is 583 g/mol. The van der Waals surface area contributed by atoms with Gasteiger partial charge in [-0.25, -0.2) is 0 Å². The van der Waals surface area contributed by atoms with Crippen molar-refractivity contribution >= 4 is 63.5 Å². The van der Waals surface area contributed by atoms with Gasteiger partial charge in [-0.3, -0.25) is 9.59 Å². The lowest BCUT2D eigenvalue weighted by Gasteiger charge is -2.15. The number of hydrogen-bond acceptors (Lipinski definition) is 5. The molecule has 0 saturated heterocycles. The lowest BCUT2D eigenvalue weighted by molar-refractivity contribution is -0.113. The van der Waals surface area contributed by atoms with Gasteiger partial charge in [-0.2, -0.15) is 0 Å². The third-order valence-electron chi connectivity index (χ3n) is 4.70. The van der Waals surface area contributed by atoms with Crippen molar-refractivity contribution in [2.75, 3.05) is 11.1 Å². The highest BCUT2D eigenvalue weighted by Crippen LogP contribution is 2.22. The Balaban J connectivity index is 1.62. The number of benzene rings is 2. The highest BCUT2D eigenvalue weighted by Gasteiger charge is 2.20. The van der Waals surface area contributed by atoms with Gasteiger partial charge in [0.2, 0.25) is 5.91 Å². The van der Waals surface area contributed by atoms with Gasteiger partial charge in [0.15, 0.2) is 11.0 Å². The molecule has 32 heavy (non-hydrogen) atoms. The van der Waals surface area contributed by atoms with Gasteiger partial charge < -0.3 is 15.2 Å². The third kappa shape index (κ3) is 6.23. The standard InChI is InChI=1S/C22H23ClIN5O2S/c1-4-29-20(14(3)25-21(31)15-5-7-16(23)8-6-15)27-28-22(29)32-12-19(30)26-18-10-9-17(24)11-13(18)2/h5-11,14H,4,12H2,1-3H3,(H,25,31)(H,26,30)/t14-/m1/s1. The van der Waals surface area contributed by atoms with Crippen molar-refractivity contribution in [1.29, 1.82) is 0 Å². The Bertz CT molecular complexity index is 1120. The molecule has 0 aliphatic carbocycles. The molecule has 0 fully saturated rings. The average molecular weight is 584 g/mol. The van der Waals surface area contributed by atoms with E-state index in [0.29, 0.717) is 28.1 Å². The highest BCUT2D eigenvalue weighted by atomic mass is 127. The molecule has 7 nitrogen and oxygen atoms in total. The van der Waals surface area contributed by atoms with Crippen molar-refractivity contribution in [2.24, 2.45) is 0 Å². The zero-order chi connectivity index (χ0) is 23.3. The van der Waals surface area contributed by atoms with Gasteiger partial charge in [-0.05, 0) is 91.4 Å². The van der Waals surface area contributed by atoms with Crippen LogP contribution in [0.3, 0.4) is 0 Å². The number of aryl methyl sites for hydroxylation is 1. The number of carbonyl (C=O) groups is 2. The van der Waals surface area contributed by atoms with Gasteiger partial charge >= 0.3 is 0 Å². The third-order valence-corrected chi connectivity index (χ3v) is 6.59. The van der Waals surface area contributed by atoms with Crippen LogP contribution in [-0.4, -0.2) is 32.3 Å². The molecule has 1 aromatic heterocycles. The predicted molar refractivity (Wildman–Crippen MR) is 136 cm³/mol. The quantitative estimate of drug-likeness (QED) is 0.285. The lowest BCUT2D eigenvalue weighted by atomic mass is 10.2. The van der Waals surface area contributed by atoms with Crippen LogP contribution in [0.1, 0.15) is 41.6 Å². The number of anilines is 1. The van der Waals surface area contributed by atoms with E-state index < -0.39 is 0 Å². The average Bonchev–Trinajstić information content (AvgIpc) is 3.17. The van der Waals surface area contributed by atoms with E-state index in [0.717, 1.165) is 14.8 Å². The maximum absolute atomic E-state index is 12.5. The topological polar surface area (TPSA) is 88.9 Å². The molecule has 0 spiro atoms. The summed E-state index contributed by atoms with van der Waals surface area (Å²) in [5.41, 5.74) is 2.33. The number of nitrogens with zero attached hydrogens (tertiary/aromatic N) is 3. The van der Waals surface area contributed by atoms with Gasteiger partial charge in [0.1, 0.15) is 0 Å². The molecule has 0 unspecified atom stereocenters. The summed E-state index contributed by atoms with van der Waals surface area (Å²) < 4.78 is 3.02. The predicted octanol–water partition coefficient (Wildman–Crippen LogP) is 5.09. The van der Waals surface area contributed by atoms with E-state index in [1.54, 1.807) is 24.3 Å². The summed E-state index contributed by atoms with van der Waals surface area (Å²) in [5, 5.41) is 15.6. The molecule has 0 saturated carbocycles. The minimum absolute atomic E-state index is 0.115. The summed E-state index contributed by atoms with van der Waals surface area (Å²) >= 11 is 9.44. The number of carbonyl (C=O) groups excluding carboxylic acids is 2. The summed E-state index contributed by atoms with van der Waals surface area (Å²) in [6, 6.07) is 12.2. The molecule has 3 aromatic rings. The van der Waals surface area contributed by atoms with Crippen molar-refractivity contribution in [3.63, 3.8) is 0 Å². The molecule has 2 amide bonds. The van der Waals surface area contributed by atoms with Gasteiger partial charge in [0.25, 0.3) is 5.91 Å². The van der Waals surface area contributed by atoms with E-state index >= 15 is 0 Å². The fraction of sp³-hybridized carbons (Fsp3) is 0.273. The second kappa shape index (κ2) is 11.2. The Kier molecular flexibility index (Phi) is 8.55. The molecular weight excluding hydrogens is 561 g/mol. The number of thioether (sulfide) groups is 1. The number of nitrogens with one attached hydrogen (secondary N) is 2. The lowest BCUT2D eigenvalue weighted by Crippen LogP contribution is -2.28. The van der Waals surface area contributed by atoms with Gasteiger partial charge in [0.05, 0.1) is 11.8 Å². The van der Waals surface area contributed by atoms with Crippen molar-refractivity contribution in [2.45, 2.75) is 38.5 Å². The van der Waals surface area contributed by atoms with Crippen LogP contribution >= 0.6 is 46.0 Å². The normalized spacial score (nSPS) is 11.8. The number of hydrogen-bond donors (Lipinski definition) is 2. The van der Waals surface area contributed by atoms with Crippen LogP contribution in [0.4, 0.5) is 5.69 Å². The number of amides is 2. The molecule has 2 aromatic carbocycles. The van der Waals surface area contributed by atoms with E-state index in [1.165, 1.54) is 11.8 Å². The Hall–Kier alpha value is -2.11. The first-order chi connectivity index (χ1) is 15.3. The maximum Gasteiger partial charge on any atom is 0.251 e. The second-order valence-electron chi connectivity index (χ2n) is 7.08. The van der Waals surface area contributed by atoms with Crippen LogP contribution < -0.4 is 10.6 Å². The van der Waals surface area contributed by atoms with Crippen molar-refractivity contribution < 1.29 is 9.59 Å². The molecule has 2 N–H and O–H groups in total. The van der Waals surface area contributed by atoms with Crippen LogP contribution in [0.25, 0.3) is 0 Å². The SMILES string of the molecule is CCn1c(SCC(=O)Nc2ccc(I)cc2C)nnc1[C@@H](C)NC(=O)c1ccc(Cl)cc1. The van der Waals surface area contributed by atoms with Gasteiger partial charge in [0, 0.05) is 26.4 Å². The zero-order valence-corrected chi connectivity index (χ0v) is 21.6. The fourth-order valence-corrected chi connectivity index (χ4v) is 4.64. The first-order valence-corrected chi connectivity index (χ1v) is 12.4. The van der Waals surface area contributed by atoms with Crippen molar-refractivity contribution in [3.05, 3.63) is 68.0 Å². The Labute approximate surface area is 209 Å². The fourth-order valence-electron chi connectivity index (χ4n) is 3.05.